The number of hydrogen-bond donors (Lipinski definition) is 3. The first-order valence-corrected chi connectivity index (χ1v) is 6.92. The van der Waals surface area contributed by atoms with Gasteiger partial charge in [0, 0.05) is 22.6 Å². The number of aromatic hydroxyl groups is 2. The lowest BCUT2D eigenvalue weighted by atomic mass is 10.1. The predicted octanol–water partition coefficient (Wildman–Crippen LogP) is 4.04. The van der Waals surface area contributed by atoms with Gasteiger partial charge in [-0.1, -0.05) is 0 Å². The van der Waals surface area contributed by atoms with Gasteiger partial charge in [0.05, 0.1) is 12.8 Å². The van der Waals surface area contributed by atoms with E-state index < -0.39 is 0 Å². The third kappa shape index (κ3) is 3.36. The lowest BCUT2D eigenvalue weighted by molar-refractivity contribution is 0.415. The monoisotopic (exact) mass is 337 g/mol. The van der Waals surface area contributed by atoms with Gasteiger partial charge in [-0.05, 0) is 52.7 Å². The van der Waals surface area contributed by atoms with Crippen LogP contribution >= 0.6 is 15.9 Å². The summed E-state index contributed by atoms with van der Waals surface area (Å²) in [4.78, 5) is 0. The van der Waals surface area contributed by atoms with E-state index in [0.29, 0.717) is 0 Å². The number of nitrogens with one attached hydrogen (secondary N) is 1. The maximum Gasteiger partial charge on any atom is 0.121 e. The molecule has 2 rings (SSSR count). The van der Waals surface area contributed by atoms with Gasteiger partial charge in [0.15, 0.2) is 0 Å². The summed E-state index contributed by atoms with van der Waals surface area (Å²) in [5.41, 5.74) is 1.66. The zero-order chi connectivity index (χ0) is 14.7. The van der Waals surface area contributed by atoms with Crippen molar-refractivity contribution >= 4 is 21.6 Å². The van der Waals surface area contributed by atoms with Crippen LogP contribution in [0.15, 0.2) is 40.9 Å². The van der Waals surface area contributed by atoms with Gasteiger partial charge in [0.25, 0.3) is 0 Å². The van der Waals surface area contributed by atoms with E-state index in [2.05, 4.69) is 21.2 Å². The summed E-state index contributed by atoms with van der Waals surface area (Å²) >= 11 is 3.47. The number of halogens is 1. The van der Waals surface area contributed by atoms with Crippen LogP contribution in [0.2, 0.25) is 0 Å². The first-order valence-electron chi connectivity index (χ1n) is 6.12. The summed E-state index contributed by atoms with van der Waals surface area (Å²) in [6.07, 6.45) is 0. The Morgan fingerprint density at radius 1 is 1.10 bits per heavy atom. The van der Waals surface area contributed by atoms with Crippen LogP contribution in [0.1, 0.15) is 18.5 Å². The second-order valence-electron chi connectivity index (χ2n) is 4.49. The van der Waals surface area contributed by atoms with Gasteiger partial charge in [0.2, 0.25) is 0 Å². The molecule has 2 aromatic carbocycles. The van der Waals surface area contributed by atoms with Crippen molar-refractivity contribution in [2.75, 3.05) is 12.4 Å². The third-order valence-corrected chi connectivity index (χ3v) is 3.66. The summed E-state index contributed by atoms with van der Waals surface area (Å²) in [6.45, 7) is 1.94. The number of phenolic OH excluding ortho intramolecular Hbond substituents is 2. The fourth-order valence-corrected chi connectivity index (χ4v) is 2.29. The van der Waals surface area contributed by atoms with Crippen LogP contribution < -0.4 is 10.1 Å². The van der Waals surface area contributed by atoms with Crippen molar-refractivity contribution in [2.45, 2.75) is 13.0 Å². The Balaban J connectivity index is 2.24. The van der Waals surface area contributed by atoms with Crippen LogP contribution in [0.5, 0.6) is 17.2 Å². The van der Waals surface area contributed by atoms with Gasteiger partial charge >= 0.3 is 0 Å². The number of rotatable bonds is 4. The van der Waals surface area contributed by atoms with E-state index in [-0.39, 0.29) is 17.5 Å². The number of anilines is 1. The molecule has 0 fully saturated rings. The van der Waals surface area contributed by atoms with Crippen molar-refractivity contribution in [3.05, 3.63) is 46.4 Å². The molecule has 0 aliphatic rings. The number of methoxy groups -OCH3 is 1. The Kier molecular flexibility index (Phi) is 4.39. The summed E-state index contributed by atoms with van der Waals surface area (Å²) in [5, 5.41) is 22.4. The molecule has 106 valence electrons. The highest BCUT2D eigenvalue weighted by atomic mass is 79.9. The Hall–Kier alpha value is -1.88. The van der Waals surface area contributed by atoms with Crippen LogP contribution in [-0.4, -0.2) is 17.3 Å². The first-order chi connectivity index (χ1) is 9.49. The SMILES string of the molecule is COc1ccc(Br)c(NC(C)c2cc(O)cc(O)c2)c1. The fourth-order valence-electron chi connectivity index (χ4n) is 1.93. The number of benzene rings is 2. The van der Waals surface area contributed by atoms with Crippen molar-refractivity contribution in [2.24, 2.45) is 0 Å². The normalized spacial score (nSPS) is 11.9. The van der Waals surface area contributed by atoms with Crippen LogP contribution in [-0.2, 0) is 0 Å². The minimum Gasteiger partial charge on any atom is -0.508 e. The van der Waals surface area contributed by atoms with Gasteiger partial charge in [-0.3, -0.25) is 0 Å². The molecule has 0 saturated heterocycles. The highest BCUT2D eigenvalue weighted by Crippen LogP contribution is 2.32. The van der Waals surface area contributed by atoms with Gasteiger partial charge in [-0.2, -0.15) is 0 Å². The molecule has 5 heteroatoms. The number of phenols is 2. The average molecular weight is 338 g/mol. The first kappa shape index (κ1) is 14.5. The molecule has 0 bridgehead atoms. The molecule has 1 unspecified atom stereocenters. The molecular weight excluding hydrogens is 322 g/mol. The predicted molar refractivity (Wildman–Crippen MR) is 82.5 cm³/mol. The maximum atomic E-state index is 9.53. The molecule has 0 radical (unpaired) electrons. The van der Waals surface area contributed by atoms with Crippen molar-refractivity contribution < 1.29 is 14.9 Å². The van der Waals surface area contributed by atoms with Crippen molar-refractivity contribution in [3.63, 3.8) is 0 Å². The van der Waals surface area contributed by atoms with E-state index in [1.54, 1.807) is 19.2 Å². The Morgan fingerprint density at radius 2 is 1.75 bits per heavy atom. The zero-order valence-electron chi connectivity index (χ0n) is 11.2. The second kappa shape index (κ2) is 6.05. The largest absolute Gasteiger partial charge is 0.508 e. The highest BCUT2D eigenvalue weighted by molar-refractivity contribution is 9.10. The number of ether oxygens (including phenoxy) is 1. The lowest BCUT2D eigenvalue weighted by Crippen LogP contribution is -2.07. The average Bonchev–Trinajstić information content (AvgIpc) is 2.40. The van der Waals surface area contributed by atoms with Crippen LogP contribution in [0.3, 0.4) is 0 Å². The highest BCUT2D eigenvalue weighted by Gasteiger charge is 2.10. The smallest absolute Gasteiger partial charge is 0.121 e. The van der Waals surface area contributed by atoms with Gasteiger partial charge < -0.3 is 20.3 Å². The van der Waals surface area contributed by atoms with Crippen molar-refractivity contribution in [1.82, 2.24) is 0 Å². The Bertz CT molecular complexity index is 596. The fraction of sp³-hybridized carbons (Fsp3) is 0.200. The number of hydrogen-bond acceptors (Lipinski definition) is 4. The molecule has 0 aliphatic carbocycles. The molecule has 1 atom stereocenters. The minimum atomic E-state index is -0.0867. The van der Waals surface area contributed by atoms with Crippen LogP contribution in [0.25, 0.3) is 0 Å². The van der Waals surface area contributed by atoms with Gasteiger partial charge in [-0.15, -0.1) is 0 Å². The van der Waals surface area contributed by atoms with E-state index >= 15 is 0 Å². The maximum absolute atomic E-state index is 9.53. The topological polar surface area (TPSA) is 61.7 Å². The molecule has 0 aromatic heterocycles. The quantitative estimate of drug-likeness (QED) is 0.787. The minimum absolute atomic E-state index is 0.0401. The van der Waals surface area contributed by atoms with E-state index in [1.165, 1.54) is 6.07 Å². The molecule has 2 aromatic rings. The summed E-state index contributed by atoms with van der Waals surface area (Å²) in [5.74, 6) is 0.832. The molecule has 0 spiro atoms. The Labute approximate surface area is 126 Å². The molecule has 0 aliphatic heterocycles. The molecule has 0 saturated carbocycles. The molecular formula is C15H16BrNO3. The summed E-state index contributed by atoms with van der Waals surface area (Å²) in [7, 11) is 1.61. The summed E-state index contributed by atoms with van der Waals surface area (Å²) in [6, 6.07) is 10.1. The molecule has 20 heavy (non-hydrogen) atoms. The Morgan fingerprint density at radius 3 is 2.35 bits per heavy atom. The standard InChI is InChI=1S/C15H16BrNO3/c1-9(10-5-11(18)7-12(19)6-10)17-15-8-13(20-2)3-4-14(15)16/h3-9,17-19H,1-2H3. The van der Waals surface area contributed by atoms with Crippen molar-refractivity contribution in [1.29, 1.82) is 0 Å². The molecule has 4 nitrogen and oxygen atoms in total. The van der Waals surface area contributed by atoms with E-state index in [1.807, 2.05) is 25.1 Å². The van der Waals surface area contributed by atoms with Gasteiger partial charge in [-0.25, -0.2) is 0 Å². The molecule has 3 N–H and O–H groups in total. The van der Waals surface area contributed by atoms with Gasteiger partial charge in [0.1, 0.15) is 17.2 Å². The van der Waals surface area contributed by atoms with E-state index in [9.17, 15) is 10.2 Å². The van der Waals surface area contributed by atoms with E-state index in [0.717, 1.165) is 21.5 Å². The van der Waals surface area contributed by atoms with E-state index in [4.69, 9.17) is 4.74 Å². The second-order valence-corrected chi connectivity index (χ2v) is 5.35. The van der Waals surface area contributed by atoms with Crippen molar-refractivity contribution in [3.8, 4) is 17.2 Å². The molecule has 0 amide bonds. The summed E-state index contributed by atoms with van der Waals surface area (Å²) < 4.78 is 6.11. The lowest BCUT2D eigenvalue weighted by Gasteiger charge is -2.18. The third-order valence-electron chi connectivity index (χ3n) is 2.97. The molecule has 0 heterocycles. The van der Waals surface area contributed by atoms with Crippen LogP contribution in [0.4, 0.5) is 5.69 Å². The zero-order valence-corrected chi connectivity index (χ0v) is 12.8. The van der Waals surface area contributed by atoms with Crippen LogP contribution in [0, 0.1) is 0 Å².